The summed E-state index contributed by atoms with van der Waals surface area (Å²) in [6, 6.07) is 0. The molecule has 0 saturated carbocycles. The summed E-state index contributed by atoms with van der Waals surface area (Å²) < 4.78 is 0. The molecule has 0 fully saturated rings. The van der Waals surface area contributed by atoms with Gasteiger partial charge in [-0.05, 0) is 19.8 Å². The van der Waals surface area contributed by atoms with E-state index < -0.39 is 0 Å². The lowest BCUT2D eigenvalue weighted by molar-refractivity contribution is 0.152. The second-order valence-electron chi connectivity index (χ2n) is 3.26. The zero-order chi connectivity index (χ0) is 8.97. The Kier molecular flexibility index (Phi) is 3.38. The van der Waals surface area contributed by atoms with Crippen LogP contribution >= 0.6 is 0 Å². The maximum atomic E-state index is 4.26. The number of hydrazone groups is 1. The standard InChI is InChI=1S/C9H19N3/c1-4-6-7-9-11(3)10-8-12(9)5-2/h8-9H,4-7H2,1-3H3. The molecule has 1 rings (SSSR count). The smallest absolute Gasteiger partial charge is 0.118 e. The lowest BCUT2D eigenvalue weighted by Gasteiger charge is -2.27. The Labute approximate surface area is 75.0 Å². The van der Waals surface area contributed by atoms with Crippen molar-refractivity contribution in [3.05, 3.63) is 0 Å². The molecule has 0 spiro atoms. The van der Waals surface area contributed by atoms with E-state index in [1.54, 1.807) is 0 Å². The fourth-order valence-electron chi connectivity index (χ4n) is 1.55. The minimum absolute atomic E-state index is 0.509. The van der Waals surface area contributed by atoms with E-state index in [2.05, 4.69) is 28.9 Å². The Hall–Kier alpha value is -0.730. The quantitative estimate of drug-likeness (QED) is 0.638. The second kappa shape index (κ2) is 4.33. The number of hydrogen-bond donors (Lipinski definition) is 0. The first-order valence-corrected chi connectivity index (χ1v) is 4.82. The van der Waals surface area contributed by atoms with Gasteiger partial charge in [0.1, 0.15) is 12.5 Å². The van der Waals surface area contributed by atoms with Gasteiger partial charge in [-0.3, -0.25) is 5.01 Å². The van der Waals surface area contributed by atoms with Crippen LogP contribution in [0.25, 0.3) is 0 Å². The molecule has 1 atom stereocenters. The lowest BCUT2D eigenvalue weighted by atomic mass is 10.2. The molecular weight excluding hydrogens is 150 g/mol. The molecule has 3 heteroatoms. The first-order chi connectivity index (χ1) is 5.79. The highest BCUT2D eigenvalue weighted by Crippen LogP contribution is 2.15. The first-order valence-electron chi connectivity index (χ1n) is 4.82. The molecule has 0 radical (unpaired) electrons. The average molecular weight is 169 g/mol. The summed E-state index contributed by atoms with van der Waals surface area (Å²) in [5.41, 5.74) is 0. The van der Waals surface area contributed by atoms with Crippen molar-refractivity contribution in [3.63, 3.8) is 0 Å². The van der Waals surface area contributed by atoms with Crippen LogP contribution in [-0.2, 0) is 0 Å². The van der Waals surface area contributed by atoms with Gasteiger partial charge >= 0.3 is 0 Å². The molecule has 0 bridgehead atoms. The van der Waals surface area contributed by atoms with Crippen LogP contribution in [0, 0.1) is 0 Å². The van der Waals surface area contributed by atoms with Crippen molar-refractivity contribution in [2.75, 3.05) is 13.6 Å². The van der Waals surface area contributed by atoms with E-state index in [9.17, 15) is 0 Å². The molecular formula is C9H19N3. The molecule has 0 aliphatic carbocycles. The van der Waals surface area contributed by atoms with Crippen LogP contribution in [-0.4, -0.2) is 36.0 Å². The summed E-state index contributed by atoms with van der Waals surface area (Å²) in [6.07, 6.45) is 6.23. The van der Waals surface area contributed by atoms with E-state index in [1.807, 2.05) is 13.4 Å². The van der Waals surface area contributed by atoms with Crippen molar-refractivity contribution in [3.8, 4) is 0 Å². The van der Waals surface area contributed by atoms with Crippen LogP contribution in [0.5, 0.6) is 0 Å². The zero-order valence-electron chi connectivity index (χ0n) is 8.32. The van der Waals surface area contributed by atoms with Crippen molar-refractivity contribution < 1.29 is 0 Å². The molecule has 1 aliphatic heterocycles. The number of nitrogens with zero attached hydrogens (tertiary/aromatic N) is 3. The predicted molar refractivity (Wildman–Crippen MR) is 51.9 cm³/mol. The third-order valence-corrected chi connectivity index (χ3v) is 2.38. The van der Waals surface area contributed by atoms with E-state index in [0.29, 0.717) is 6.17 Å². The van der Waals surface area contributed by atoms with Gasteiger partial charge in [0.25, 0.3) is 0 Å². The Morgan fingerprint density at radius 2 is 2.17 bits per heavy atom. The molecule has 0 aromatic carbocycles. The largest absolute Gasteiger partial charge is 0.340 e. The van der Waals surface area contributed by atoms with Gasteiger partial charge in [-0.2, -0.15) is 5.10 Å². The van der Waals surface area contributed by atoms with E-state index in [-0.39, 0.29) is 0 Å². The molecule has 1 unspecified atom stereocenters. The van der Waals surface area contributed by atoms with Crippen LogP contribution in [0.4, 0.5) is 0 Å². The molecule has 12 heavy (non-hydrogen) atoms. The molecule has 1 heterocycles. The van der Waals surface area contributed by atoms with Crippen LogP contribution in [0.1, 0.15) is 33.1 Å². The topological polar surface area (TPSA) is 18.8 Å². The van der Waals surface area contributed by atoms with E-state index in [4.69, 9.17) is 0 Å². The summed E-state index contributed by atoms with van der Waals surface area (Å²) in [7, 11) is 2.05. The van der Waals surface area contributed by atoms with Crippen LogP contribution in [0.15, 0.2) is 5.10 Å². The monoisotopic (exact) mass is 169 g/mol. The van der Waals surface area contributed by atoms with E-state index >= 15 is 0 Å². The van der Waals surface area contributed by atoms with Gasteiger partial charge < -0.3 is 4.90 Å². The van der Waals surface area contributed by atoms with Crippen molar-refractivity contribution >= 4 is 6.34 Å². The Balaban J connectivity index is 2.39. The average Bonchev–Trinajstić information content (AvgIpc) is 2.43. The van der Waals surface area contributed by atoms with E-state index in [1.165, 1.54) is 19.3 Å². The molecule has 3 nitrogen and oxygen atoms in total. The van der Waals surface area contributed by atoms with E-state index in [0.717, 1.165) is 6.54 Å². The van der Waals surface area contributed by atoms with Crippen LogP contribution in [0.3, 0.4) is 0 Å². The molecule has 0 amide bonds. The molecule has 0 saturated heterocycles. The Morgan fingerprint density at radius 3 is 2.75 bits per heavy atom. The first kappa shape index (κ1) is 9.36. The Bertz CT molecular complexity index is 156. The van der Waals surface area contributed by atoms with Crippen molar-refractivity contribution in [1.29, 1.82) is 0 Å². The molecule has 0 aromatic rings. The van der Waals surface area contributed by atoms with Gasteiger partial charge in [0.2, 0.25) is 0 Å². The molecule has 0 N–H and O–H groups in total. The SMILES string of the molecule is CCCCC1N(CC)C=NN1C. The predicted octanol–water partition coefficient (Wildman–Crippen LogP) is 1.71. The molecule has 70 valence electrons. The maximum Gasteiger partial charge on any atom is 0.118 e. The van der Waals surface area contributed by atoms with Gasteiger partial charge in [-0.25, -0.2) is 0 Å². The van der Waals surface area contributed by atoms with Crippen LogP contribution in [0.2, 0.25) is 0 Å². The van der Waals surface area contributed by atoms with Crippen molar-refractivity contribution in [2.45, 2.75) is 39.3 Å². The van der Waals surface area contributed by atoms with Gasteiger partial charge in [-0.1, -0.05) is 13.3 Å². The second-order valence-corrected chi connectivity index (χ2v) is 3.26. The third-order valence-electron chi connectivity index (χ3n) is 2.38. The van der Waals surface area contributed by atoms with Crippen LogP contribution < -0.4 is 0 Å². The lowest BCUT2D eigenvalue weighted by Crippen LogP contribution is -2.37. The number of rotatable bonds is 4. The minimum atomic E-state index is 0.509. The summed E-state index contributed by atoms with van der Waals surface area (Å²) in [4.78, 5) is 2.29. The maximum absolute atomic E-state index is 4.26. The van der Waals surface area contributed by atoms with Gasteiger partial charge in [0, 0.05) is 13.6 Å². The molecule has 1 aliphatic rings. The molecule has 0 aromatic heterocycles. The van der Waals surface area contributed by atoms with Gasteiger partial charge in [0.15, 0.2) is 0 Å². The highest BCUT2D eigenvalue weighted by molar-refractivity contribution is 5.56. The Morgan fingerprint density at radius 1 is 1.42 bits per heavy atom. The van der Waals surface area contributed by atoms with Gasteiger partial charge in [-0.15, -0.1) is 0 Å². The highest BCUT2D eigenvalue weighted by Gasteiger charge is 2.22. The fraction of sp³-hybridized carbons (Fsp3) is 0.889. The fourth-order valence-corrected chi connectivity index (χ4v) is 1.55. The highest BCUT2D eigenvalue weighted by atomic mass is 15.6. The minimum Gasteiger partial charge on any atom is -0.340 e. The summed E-state index contributed by atoms with van der Waals surface area (Å²) in [6.45, 7) is 5.46. The zero-order valence-corrected chi connectivity index (χ0v) is 8.32. The van der Waals surface area contributed by atoms with Gasteiger partial charge in [0.05, 0.1) is 0 Å². The summed E-state index contributed by atoms with van der Waals surface area (Å²) in [5, 5.41) is 6.31. The third kappa shape index (κ3) is 1.90. The number of hydrogen-bond acceptors (Lipinski definition) is 3. The number of unbranched alkanes of at least 4 members (excludes halogenated alkanes) is 1. The van der Waals surface area contributed by atoms with Crippen molar-refractivity contribution in [1.82, 2.24) is 9.91 Å². The summed E-state index contributed by atoms with van der Waals surface area (Å²) >= 11 is 0. The summed E-state index contributed by atoms with van der Waals surface area (Å²) in [5.74, 6) is 0. The normalized spacial score (nSPS) is 22.4. The van der Waals surface area contributed by atoms with Crippen molar-refractivity contribution in [2.24, 2.45) is 5.10 Å².